The number of hydrogen-bond acceptors (Lipinski definition) is 4. The van der Waals surface area contributed by atoms with E-state index in [0.29, 0.717) is 30.9 Å². The Kier molecular flexibility index (Phi) is 3.24. The molecular weight excluding hydrogens is 266 g/mol. The Hall–Kier alpha value is -1.11. The van der Waals surface area contributed by atoms with Crippen molar-refractivity contribution >= 4 is 10.0 Å². The van der Waals surface area contributed by atoms with Crippen LogP contribution in [0.5, 0.6) is 5.75 Å². The maximum Gasteiger partial charge on any atom is 0.243 e. The Morgan fingerprint density at radius 1 is 1.37 bits per heavy atom. The van der Waals surface area contributed by atoms with Gasteiger partial charge in [-0.2, -0.15) is 4.31 Å². The zero-order chi connectivity index (χ0) is 13.5. The Labute approximate surface area is 112 Å². The normalized spacial score (nSPS) is 23.9. The summed E-state index contributed by atoms with van der Waals surface area (Å²) in [5.41, 5.74) is 0.943. The first kappa shape index (κ1) is 12.9. The first-order valence-electron chi connectivity index (χ1n) is 6.51. The highest BCUT2D eigenvalue weighted by molar-refractivity contribution is 7.89. The van der Waals surface area contributed by atoms with Crippen LogP contribution in [0.1, 0.15) is 18.4 Å². The number of benzene rings is 1. The summed E-state index contributed by atoms with van der Waals surface area (Å²) in [6, 6.07) is 4.99. The molecule has 6 heteroatoms. The number of aliphatic hydroxyl groups excluding tert-OH is 1. The average molecular weight is 283 g/mol. The maximum absolute atomic E-state index is 12.5. The monoisotopic (exact) mass is 283 g/mol. The summed E-state index contributed by atoms with van der Waals surface area (Å²) in [5, 5.41) is 9.62. The Balaban J connectivity index is 1.91. The maximum atomic E-state index is 12.5. The molecule has 19 heavy (non-hydrogen) atoms. The lowest BCUT2D eigenvalue weighted by Crippen LogP contribution is -2.42. The van der Waals surface area contributed by atoms with Crippen molar-refractivity contribution in [1.29, 1.82) is 0 Å². The zero-order valence-corrected chi connectivity index (χ0v) is 11.4. The van der Waals surface area contributed by atoms with Gasteiger partial charge in [0.05, 0.1) is 17.6 Å². The van der Waals surface area contributed by atoms with E-state index in [1.807, 2.05) is 0 Å². The summed E-state index contributed by atoms with van der Waals surface area (Å²) >= 11 is 0. The molecule has 0 saturated carbocycles. The van der Waals surface area contributed by atoms with Gasteiger partial charge in [-0.25, -0.2) is 8.42 Å². The number of fused-ring (bicyclic) bond motifs is 1. The van der Waals surface area contributed by atoms with Gasteiger partial charge in [-0.3, -0.25) is 0 Å². The predicted molar refractivity (Wildman–Crippen MR) is 69.6 cm³/mol. The first-order valence-corrected chi connectivity index (χ1v) is 7.95. The van der Waals surface area contributed by atoms with Gasteiger partial charge >= 0.3 is 0 Å². The van der Waals surface area contributed by atoms with Gasteiger partial charge in [0.25, 0.3) is 0 Å². The number of piperidine rings is 1. The molecule has 1 N–H and O–H groups in total. The van der Waals surface area contributed by atoms with E-state index in [1.54, 1.807) is 18.2 Å². The van der Waals surface area contributed by atoms with Crippen LogP contribution in [0.15, 0.2) is 23.1 Å². The zero-order valence-electron chi connectivity index (χ0n) is 10.6. The van der Waals surface area contributed by atoms with E-state index < -0.39 is 16.1 Å². The van der Waals surface area contributed by atoms with Crippen molar-refractivity contribution in [3.63, 3.8) is 0 Å². The SMILES string of the molecule is O=S(=O)(c1ccc2c(c1)CCO2)N1CCC[C@H](O)C1. The fourth-order valence-electron chi connectivity index (χ4n) is 2.61. The minimum Gasteiger partial charge on any atom is -0.493 e. The average Bonchev–Trinajstić information content (AvgIpc) is 2.85. The molecule has 0 amide bonds. The molecule has 104 valence electrons. The van der Waals surface area contributed by atoms with E-state index in [0.717, 1.165) is 17.7 Å². The number of β-amino-alcohol motifs (C(OH)–C–C–N with tert-alkyl or cyclic N) is 1. The summed E-state index contributed by atoms with van der Waals surface area (Å²) in [4.78, 5) is 0.297. The van der Waals surface area contributed by atoms with Gasteiger partial charge in [-0.1, -0.05) is 0 Å². The van der Waals surface area contributed by atoms with E-state index in [4.69, 9.17) is 4.74 Å². The molecule has 2 heterocycles. The van der Waals surface area contributed by atoms with Gasteiger partial charge in [0.2, 0.25) is 10.0 Å². The third-order valence-electron chi connectivity index (χ3n) is 3.66. The van der Waals surface area contributed by atoms with E-state index in [-0.39, 0.29) is 6.54 Å². The number of aliphatic hydroxyl groups is 1. The van der Waals surface area contributed by atoms with Gasteiger partial charge in [-0.15, -0.1) is 0 Å². The number of nitrogens with zero attached hydrogens (tertiary/aromatic N) is 1. The molecule has 0 bridgehead atoms. The summed E-state index contributed by atoms with van der Waals surface area (Å²) < 4.78 is 31.8. The van der Waals surface area contributed by atoms with Crippen molar-refractivity contribution < 1.29 is 18.3 Å². The summed E-state index contributed by atoms with van der Waals surface area (Å²) in [6.45, 7) is 1.28. The molecule has 0 unspecified atom stereocenters. The first-order chi connectivity index (χ1) is 9.07. The molecule has 1 atom stereocenters. The second-order valence-electron chi connectivity index (χ2n) is 5.03. The second-order valence-corrected chi connectivity index (χ2v) is 6.97. The molecule has 3 rings (SSSR count). The van der Waals surface area contributed by atoms with Gasteiger partial charge in [-0.05, 0) is 36.6 Å². The third kappa shape index (κ3) is 2.35. The highest BCUT2D eigenvalue weighted by Gasteiger charge is 2.30. The number of sulfonamides is 1. The quantitative estimate of drug-likeness (QED) is 0.870. The smallest absolute Gasteiger partial charge is 0.243 e. The van der Waals surface area contributed by atoms with Crippen LogP contribution < -0.4 is 4.74 Å². The van der Waals surface area contributed by atoms with E-state index in [2.05, 4.69) is 0 Å². The highest BCUT2D eigenvalue weighted by atomic mass is 32.2. The molecule has 0 aromatic heterocycles. The van der Waals surface area contributed by atoms with Gasteiger partial charge in [0.15, 0.2) is 0 Å². The van der Waals surface area contributed by atoms with Gasteiger partial charge in [0.1, 0.15) is 5.75 Å². The molecule has 1 aromatic rings. The van der Waals surface area contributed by atoms with Crippen molar-refractivity contribution in [1.82, 2.24) is 4.31 Å². The van der Waals surface area contributed by atoms with Crippen molar-refractivity contribution in [2.45, 2.75) is 30.3 Å². The molecule has 0 spiro atoms. The van der Waals surface area contributed by atoms with Gasteiger partial charge in [0, 0.05) is 19.5 Å². The van der Waals surface area contributed by atoms with Crippen molar-refractivity contribution in [2.75, 3.05) is 19.7 Å². The lowest BCUT2D eigenvalue weighted by atomic mass is 10.1. The minimum atomic E-state index is -3.50. The van der Waals surface area contributed by atoms with Crippen LogP contribution in [0.3, 0.4) is 0 Å². The number of rotatable bonds is 2. The van der Waals surface area contributed by atoms with E-state index in [9.17, 15) is 13.5 Å². The standard InChI is InChI=1S/C13H17NO4S/c15-11-2-1-6-14(9-11)19(16,17)12-3-4-13-10(8-12)5-7-18-13/h3-4,8,11,15H,1-2,5-7,9H2/t11-/m0/s1. The lowest BCUT2D eigenvalue weighted by molar-refractivity contribution is 0.108. The third-order valence-corrected chi connectivity index (χ3v) is 5.52. The molecule has 0 radical (unpaired) electrons. The molecule has 0 aliphatic carbocycles. The molecule has 5 nitrogen and oxygen atoms in total. The van der Waals surface area contributed by atoms with E-state index in [1.165, 1.54) is 4.31 Å². The second kappa shape index (κ2) is 4.77. The minimum absolute atomic E-state index is 0.190. The fraction of sp³-hybridized carbons (Fsp3) is 0.538. The molecule has 1 saturated heterocycles. The van der Waals surface area contributed by atoms with Crippen LogP contribution in [0.25, 0.3) is 0 Å². The van der Waals surface area contributed by atoms with Crippen molar-refractivity contribution in [3.8, 4) is 5.75 Å². The van der Waals surface area contributed by atoms with Crippen LogP contribution in [0, 0.1) is 0 Å². The predicted octanol–water partition coefficient (Wildman–Crippen LogP) is 0.767. The summed E-state index contributed by atoms with van der Waals surface area (Å²) in [6.07, 6.45) is 1.57. The Morgan fingerprint density at radius 3 is 3.00 bits per heavy atom. The topological polar surface area (TPSA) is 66.8 Å². The van der Waals surface area contributed by atoms with E-state index >= 15 is 0 Å². The summed E-state index contributed by atoms with van der Waals surface area (Å²) in [5.74, 6) is 0.776. The van der Waals surface area contributed by atoms with Gasteiger partial charge < -0.3 is 9.84 Å². The van der Waals surface area contributed by atoms with Crippen LogP contribution in [-0.2, 0) is 16.4 Å². The summed E-state index contributed by atoms with van der Waals surface area (Å²) in [7, 11) is -3.50. The highest BCUT2D eigenvalue weighted by Crippen LogP contribution is 2.29. The number of hydrogen-bond donors (Lipinski definition) is 1. The Bertz CT molecular complexity index is 584. The van der Waals surface area contributed by atoms with Crippen LogP contribution in [0.4, 0.5) is 0 Å². The molecule has 2 aliphatic heterocycles. The number of ether oxygens (including phenoxy) is 1. The largest absolute Gasteiger partial charge is 0.493 e. The molecule has 1 fully saturated rings. The molecule has 1 aromatic carbocycles. The van der Waals surface area contributed by atoms with Crippen LogP contribution in [0.2, 0.25) is 0 Å². The van der Waals surface area contributed by atoms with Crippen molar-refractivity contribution in [3.05, 3.63) is 23.8 Å². The lowest BCUT2D eigenvalue weighted by Gasteiger charge is -2.29. The van der Waals surface area contributed by atoms with Crippen molar-refractivity contribution in [2.24, 2.45) is 0 Å². The molecular formula is C13H17NO4S. The van der Waals surface area contributed by atoms with Crippen LogP contribution >= 0.6 is 0 Å². The fourth-order valence-corrected chi connectivity index (χ4v) is 4.18. The Morgan fingerprint density at radius 2 is 2.21 bits per heavy atom. The molecule has 2 aliphatic rings. The van der Waals surface area contributed by atoms with Crippen LogP contribution in [-0.4, -0.2) is 43.6 Å².